The smallest absolute Gasteiger partial charge is 0.246 e. The summed E-state index contributed by atoms with van der Waals surface area (Å²) in [6.07, 6.45) is 0.621. The number of nitrogens with zero attached hydrogens (tertiary/aromatic N) is 1. The second-order valence-electron chi connectivity index (χ2n) is 6.40. The summed E-state index contributed by atoms with van der Waals surface area (Å²) in [4.78, 5) is 14.6. The summed E-state index contributed by atoms with van der Waals surface area (Å²) in [5, 5.41) is 6.52. The number of amides is 1. The first-order valence-corrected chi connectivity index (χ1v) is 8.59. The molecule has 1 aliphatic heterocycles. The molecule has 1 atom stereocenters. The van der Waals surface area contributed by atoms with E-state index in [2.05, 4.69) is 10.6 Å². The Morgan fingerprint density at radius 1 is 1.26 bits per heavy atom. The predicted octanol–water partition coefficient (Wildman–Crippen LogP) is 4.21. The van der Waals surface area contributed by atoms with Crippen LogP contribution >= 0.6 is 36.4 Å². The Hall–Kier alpha value is -1.37. The third-order valence-electron chi connectivity index (χ3n) is 4.39. The van der Waals surface area contributed by atoms with Gasteiger partial charge in [-0.1, -0.05) is 29.8 Å². The van der Waals surface area contributed by atoms with Gasteiger partial charge < -0.3 is 10.6 Å². The van der Waals surface area contributed by atoms with E-state index in [9.17, 15) is 9.18 Å². The summed E-state index contributed by atoms with van der Waals surface area (Å²) in [6.45, 7) is 1.40. The van der Waals surface area contributed by atoms with Gasteiger partial charge >= 0.3 is 0 Å². The van der Waals surface area contributed by atoms with E-state index < -0.39 is 6.04 Å². The molecule has 1 heterocycles. The summed E-state index contributed by atoms with van der Waals surface area (Å²) in [5.74, 6) is -0.629. The number of rotatable bonds is 4. The lowest BCUT2D eigenvalue weighted by Crippen LogP contribution is -2.33. The average molecular weight is 435 g/mol. The molecule has 0 aliphatic carbocycles. The molecule has 2 aromatic rings. The minimum absolute atomic E-state index is 0. The molecule has 0 saturated carbocycles. The lowest BCUT2D eigenvalue weighted by atomic mass is 9.99. The number of benzene rings is 2. The molecule has 4 nitrogen and oxygen atoms in total. The largest absolute Gasteiger partial charge is 0.322 e. The van der Waals surface area contributed by atoms with Gasteiger partial charge in [0, 0.05) is 11.6 Å². The van der Waals surface area contributed by atoms with Crippen LogP contribution < -0.4 is 10.6 Å². The maximum absolute atomic E-state index is 14.8. The molecule has 1 aliphatic rings. The Bertz CT molecular complexity index is 802. The van der Waals surface area contributed by atoms with E-state index in [1.165, 1.54) is 0 Å². The summed E-state index contributed by atoms with van der Waals surface area (Å²) in [5.41, 5.74) is 2.61. The molecule has 1 amide bonds. The van der Waals surface area contributed by atoms with Gasteiger partial charge in [-0.05, 0) is 62.0 Å². The molecular weight excluding hydrogens is 412 g/mol. The molecule has 8 heteroatoms. The van der Waals surface area contributed by atoms with Crippen LogP contribution in [0.3, 0.4) is 0 Å². The van der Waals surface area contributed by atoms with Crippen LogP contribution in [0.5, 0.6) is 0 Å². The van der Waals surface area contributed by atoms with Crippen molar-refractivity contribution in [3.05, 3.63) is 63.9 Å². The lowest BCUT2D eigenvalue weighted by Gasteiger charge is -2.25. The zero-order valence-electron chi connectivity index (χ0n) is 15.1. The zero-order valence-corrected chi connectivity index (χ0v) is 17.5. The summed E-state index contributed by atoms with van der Waals surface area (Å²) >= 11 is 6.05. The van der Waals surface area contributed by atoms with Crippen LogP contribution in [0.4, 0.5) is 10.1 Å². The van der Waals surface area contributed by atoms with Gasteiger partial charge in [0.05, 0.1) is 5.69 Å². The van der Waals surface area contributed by atoms with E-state index in [1.54, 1.807) is 43.3 Å². The second-order valence-corrected chi connectivity index (χ2v) is 6.84. The van der Waals surface area contributed by atoms with Gasteiger partial charge in [0.1, 0.15) is 11.9 Å². The van der Waals surface area contributed by atoms with Crippen molar-refractivity contribution in [2.75, 3.05) is 26.0 Å². The lowest BCUT2D eigenvalue weighted by molar-refractivity contribution is -0.120. The van der Waals surface area contributed by atoms with Crippen LogP contribution in [0.1, 0.15) is 22.7 Å². The van der Waals surface area contributed by atoms with Crippen molar-refractivity contribution in [2.45, 2.75) is 19.0 Å². The van der Waals surface area contributed by atoms with Crippen molar-refractivity contribution >= 4 is 48.0 Å². The number of carbonyl (C=O) groups excluding carboxylic acids is 1. The quantitative estimate of drug-likeness (QED) is 0.757. The van der Waals surface area contributed by atoms with E-state index in [0.29, 0.717) is 23.6 Å². The first kappa shape index (κ1) is 23.7. The fraction of sp³-hybridized carbons (Fsp3) is 0.316. The van der Waals surface area contributed by atoms with Gasteiger partial charge in [0.15, 0.2) is 0 Å². The molecule has 1 unspecified atom stereocenters. The Balaban J connectivity index is 0.00000182. The number of halogens is 4. The number of anilines is 1. The molecule has 2 aromatic carbocycles. The fourth-order valence-electron chi connectivity index (χ4n) is 3.19. The SMILES string of the molecule is CN(C)C(C(=O)Nc1ccc2c(c1F)CCNC2)c1cccc(Cl)c1.Cl.Cl. The third kappa shape index (κ3) is 5.33. The van der Waals surface area contributed by atoms with Crippen molar-refractivity contribution < 1.29 is 9.18 Å². The highest BCUT2D eigenvalue weighted by Gasteiger charge is 2.25. The molecule has 27 heavy (non-hydrogen) atoms. The third-order valence-corrected chi connectivity index (χ3v) is 4.63. The van der Waals surface area contributed by atoms with Crippen molar-refractivity contribution in [2.24, 2.45) is 0 Å². The van der Waals surface area contributed by atoms with E-state index >= 15 is 0 Å². The Morgan fingerprint density at radius 2 is 2.00 bits per heavy atom. The van der Waals surface area contributed by atoms with Gasteiger partial charge in [0.2, 0.25) is 5.91 Å². The van der Waals surface area contributed by atoms with E-state index in [0.717, 1.165) is 17.7 Å². The van der Waals surface area contributed by atoms with E-state index in [4.69, 9.17) is 11.6 Å². The Labute approximate surface area is 176 Å². The number of fused-ring (bicyclic) bond motifs is 1. The van der Waals surface area contributed by atoms with Crippen LogP contribution in [0, 0.1) is 5.82 Å². The highest BCUT2D eigenvalue weighted by molar-refractivity contribution is 6.30. The second kappa shape index (κ2) is 10.2. The first-order valence-electron chi connectivity index (χ1n) is 8.21. The van der Waals surface area contributed by atoms with E-state index in [-0.39, 0.29) is 42.2 Å². The first-order chi connectivity index (χ1) is 12.0. The van der Waals surface area contributed by atoms with Gasteiger partial charge in [-0.3, -0.25) is 9.69 Å². The summed E-state index contributed by atoms with van der Waals surface area (Å²) in [6, 6.07) is 10.1. The molecule has 2 N–H and O–H groups in total. The standard InChI is InChI=1S/C19H21ClFN3O.2ClH/c1-24(2)18(12-4-3-5-14(20)10-12)19(25)23-16-7-6-13-11-22-9-8-15(13)17(16)21;;/h3-7,10,18,22H,8-9,11H2,1-2H3,(H,23,25);2*1H. The minimum Gasteiger partial charge on any atom is -0.322 e. The maximum atomic E-state index is 14.8. The number of hydrogen-bond donors (Lipinski definition) is 2. The highest BCUT2D eigenvalue weighted by atomic mass is 35.5. The molecular formula is C19H23Cl3FN3O. The molecule has 0 radical (unpaired) electrons. The molecule has 0 fully saturated rings. The van der Waals surface area contributed by atoms with Crippen molar-refractivity contribution in [1.29, 1.82) is 0 Å². The molecule has 0 spiro atoms. The normalized spacial score (nSPS) is 13.8. The topological polar surface area (TPSA) is 44.4 Å². The Kier molecular flexibility index (Phi) is 8.99. The molecule has 3 rings (SSSR count). The van der Waals surface area contributed by atoms with Crippen LogP contribution in [0.15, 0.2) is 36.4 Å². The molecule has 148 valence electrons. The van der Waals surface area contributed by atoms with Crippen molar-refractivity contribution in [3.8, 4) is 0 Å². The van der Waals surface area contributed by atoms with Gasteiger partial charge in [-0.2, -0.15) is 0 Å². The number of carbonyl (C=O) groups is 1. The summed E-state index contributed by atoms with van der Waals surface area (Å²) in [7, 11) is 3.61. The van der Waals surface area contributed by atoms with Crippen molar-refractivity contribution in [1.82, 2.24) is 10.2 Å². The van der Waals surface area contributed by atoms with E-state index in [1.807, 2.05) is 12.1 Å². The maximum Gasteiger partial charge on any atom is 0.246 e. The Morgan fingerprint density at radius 3 is 2.67 bits per heavy atom. The van der Waals surface area contributed by atoms with Gasteiger partial charge in [-0.15, -0.1) is 24.8 Å². The van der Waals surface area contributed by atoms with Crippen molar-refractivity contribution in [3.63, 3.8) is 0 Å². The number of hydrogen-bond acceptors (Lipinski definition) is 3. The van der Waals surface area contributed by atoms with Gasteiger partial charge in [0.25, 0.3) is 0 Å². The highest BCUT2D eigenvalue weighted by Crippen LogP contribution is 2.27. The zero-order chi connectivity index (χ0) is 18.0. The molecule has 0 bridgehead atoms. The fourth-order valence-corrected chi connectivity index (χ4v) is 3.39. The summed E-state index contributed by atoms with van der Waals surface area (Å²) < 4.78 is 14.8. The van der Waals surface area contributed by atoms with Crippen LogP contribution in [0.2, 0.25) is 5.02 Å². The van der Waals surface area contributed by atoms with Crippen LogP contribution in [-0.2, 0) is 17.8 Å². The monoisotopic (exact) mass is 433 g/mol. The number of likely N-dealkylation sites (N-methyl/N-ethyl adjacent to an activating group) is 1. The predicted molar refractivity (Wildman–Crippen MR) is 113 cm³/mol. The number of nitrogens with one attached hydrogen (secondary N) is 2. The van der Waals surface area contributed by atoms with Crippen LogP contribution in [0.25, 0.3) is 0 Å². The molecule has 0 aromatic heterocycles. The van der Waals surface area contributed by atoms with Crippen LogP contribution in [-0.4, -0.2) is 31.4 Å². The average Bonchev–Trinajstić information content (AvgIpc) is 2.57. The molecule has 0 saturated heterocycles. The van der Waals surface area contributed by atoms with Gasteiger partial charge in [-0.25, -0.2) is 4.39 Å². The minimum atomic E-state index is -0.559.